The minimum Gasteiger partial charge on any atom is -0.368 e. The number of aromatic nitrogens is 3. The largest absolute Gasteiger partial charge is 0.368 e. The molecule has 0 radical (unpaired) electrons. The molecular formula is C19H25N5OS. The van der Waals surface area contributed by atoms with Gasteiger partial charge in [-0.25, -0.2) is 0 Å². The Labute approximate surface area is 158 Å². The summed E-state index contributed by atoms with van der Waals surface area (Å²) >= 11 is 1.54. The van der Waals surface area contributed by atoms with Crippen molar-refractivity contribution in [3.8, 4) is 0 Å². The molecule has 1 aromatic heterocycles. The molecule has 1 atom stereocenters. The zero-order chi connectivity index (χ0) is 18.1. The van der Waals surface area contributed by atoms with E-state index in [1.807, 2.05) is 24.8 Å². The van der Waals surface area contributed by atoms with Gasteiger partial charge in [-0.2, -0.15) is 0 Å². The Morgan fingerprint density at radius 1 is 1.12 bits per heavy atom. The third-order valence-electron chi connectivity index (χ3n) is 5.09. The molecule has 7 heteroatoms. The van der Waals surface area contributed by atoms with Gasteiger partial charge in [0.1, 0.15) is 5.82 Å². The average molecular weight is 372 g/mol. The molecule has 1 saturated heterocycles. The summed E-state index contributed by atoms with van der Waals surface area (Å²) in [4.78, 5) is 17.2. The Hall–Kier alpha value is -2.02. The van der Waals surface area contributed by atoms with Crippen molar-refractivity contribution >= 4 is 23.4 Å². The number of thioether (sulfide) groups is 1. The number of nitrogens with zero attached hydrogens (tertiary/aromatic N) is 5. The van der Waals surface area contributed by atoms with Gasteiger partial charge in [0.25, 0.3) is 0 Å². The average Bonchev–Trinajstić information content (AvgIpc) is 3.45. The first-order valence-electron chi connectivity index (χ1n) is 9.30. The van der Waals surface area contributed by atoms with E-state index in [9.17, 15) is 4.79 Å². The summed E-state index contributed by atoms with van der Waals surface area (Å²) in [6.07, 6.45) is 2.38. The Kier molecular flexibility index (Phi) is 4.89. The van der Waals surface area contributed by atoms with E-state index in [-0.39, 0.29) is 11.2 Å². The molecule has 4 rings (SSSR count). The summed E-state index contributed by atoms with van der Waals surface area (Å²) < 4.78 is 2.20. The molecule has 1 aromatic carbocycles. The van der Waals surface area contributed by atoms with E-state index in [4.69, 9.17) is 0 Å². The van der Waals surface area contributed by atoms with Crippen LogP contribution in [-0.4, -0.2) is 57.0 Å². The first kappa shape index (κ1) is 17.4. The normalized spacial score (nSPS) is 18.8. The fourth-order valence-electron chi connectivity index (χ4n) is 3.47. The number of piperazine rings is 1. The Morgan fingerprint density at radius 2 is 1.81 bits per heavy atom. The molecule has 1 aliphatic heterocycles. The standard InChI is InChI=1S/C19H25N5OS/c1-14(26-19-21-20-15(2)24(19)17-8-9-17)18(25)23-12-10-22(11-13-23)16-6-4-3-5-7-16/h3-7,14,17H,8-13H2,1-2H3/t14-/m0/s1. The zero-order valence-electron chi connectivity index (χ0n) is 15.3. The van der Waals surface area contributed by atoms with Gasteiger partial charge in [0.2, 0.25) is 5.91 Å². The predicted octanol–water partition coefficient (Wildman–Crippen LogP) is 2.75. The molecule has 26 heavy (non-hydrogen) atoms. The second-order valence-corrected chi connectivity index (χ2v) is 8.35. The second kappa shape index (κ2) is 7.31. The fourth-order valence-corrected chi connectivity index (χ4v) is 4.52. The molecule has 138 valence electrons. The number of aryl methyl sites for hydroxylation is 1. The first-order valence-corrected chi connectivity index (χ1v) is 10.2. The van der Waals surface area contributed by atoms with Crippen LogP contribution < -0.4 is 4.90 Å². The topological polar surface area (TPSA) is 54.3 Å². The monoisotopic (exact) mass is 371 g/mol. The van der Waals surface area contributed by atoms with E-state index >= 15 is 0 Å². The lowest BCUT2D eigenvalue weighted by Crippen LogP contribution is -2.50. The van der Waals surface area contributed by atoms with Crippen LogP contribution in [0.2, 0.25) is 0 Å². The SMILES string of the molecule is Cc1nnc(S[C@@H](C)C(=O)N2CCN(c3ccccc3)CC2)n1C1CC1. The maximum absolute atomic E-state index is 12.9. The van der Waals surface area contributed by atoms with E-state index in [2.05, 4.69) is 43.9 Å². The summed E-state index contributed by atoms with van der Waals surface area (Å²) in [5, 5.41) is 9.24. The molecule has 1 saturated carbocycles. The van der Waals surface area contributed by atoms with Gasteiger partial charge >= 0.3 is 0 Å². The minimum atomic E-state index is -0.139. The third kappa shape index (κ3) is 3.58. The molecule has 0 spiro atoms. The summed E-state index contributed by atoms with van der Waals surface area (Å²) in [6.45, 7) is 7.28. The summed E-state index contributed by atoms with van der Waals surface area (Å²) in [5.41, 5.74) is 1.23. The lowest BCUT2D eigenvalue weighted by molar-refractivity contribution is -0.130. The third-order valence-corrected chi connectivity index (χ3v) is 6.13. The molecule has 1 amide bonds. The smallest absolute Gasteiger partial charge is 0.236 e. The maximum atomic E-state index is 12.9. The van der Waals surface area contributed by atoms with Crippen LogP contribution in [0.25, 0.3) is 0 Å². The van der Waals surface area contributed by atoms with Crippen molar-refractivity contribution in [1.29, 1.82) is 0 Å². The van der Waals surface area contributed by atoms with Crippen LogP contribution in [0.3, 0.4) is 0 Å². The van der Waals surface area contributed by atoms with Crippen molar-refractivity contribution in [2.75, 3.05) is 31.1 Å². The van der Waals surface area contributed by atoms with Crippen LogP contribution in [0.1, 0.15) is 31.6 Å². The van der Waals surface area contributed by atoms with Crippen molar-refractivity contribution < 1.29 is 4.79 Å². The van der Waals surface area contributed by atoms with E-state index in [0.29, 0.717) is 6.04 Å². The van der Waals surface area contributed by atoms with Crippen molar-refractivity contribution in [3.63, 3.8) is 0 Å². The zero-order valence-corrected chi connectivity index (χ0v) is 16.2. The van der Waals surface area contributed by atoms with E-state index < -0.39 is 0 Å². The summed E-state index contributed by atoms with van der Waals surface area (Å²) in [5.74, 6) is 1.15. The van der Waals surface area contributed by atoms with Crippen LogP contribution in [0.5, 0.6) is 0 Å². The van der Waals surface area contributed by atoms with Crippen molar-refractivity contribution in [2.24, 2.45) is 0 Å². The van der Waals surface area contributed by atoms with Gasteiger partial charge < -0.3 is 14.4 Å². The Bertz CT molecular complexity index is 765. The maximum Gasteiger partial charge on any atom is 0.236 e. The van der Waals surface area contributed by atoms with Crippen LogP contribution in [-0.2, 0) is 4.79 Å². The van der Waals surface area contributed by atoms with Crippen LogP contribution in [0.4, 0.5) is 5.69 Å². The number of carbonyl (C=O) groups is 1. The quantitative estimate of drug-likeness (QED) is 0.757. The Balaban J connectivity index is 1.35. The lowest BCUT2D eigenvalue weighted by Gasteiger charge is -2.37. The number of anilines is 1. The van der Waals surface area contributed by atoms with Crippen molar-refractivity contribution in [2.45, 2.75) is 43.1 Å². The molecule has 1 aliphatic carbocycles. The molecule has 6 nitrogen and oxygen atoms in total. The fraction of sp³-hybridized carbons (Fsp3) is 0.526. The minimum absolute atomic E-state index is 0.139. The lowest BCUT2D eigenvalue weighted by atomic mass is 10.2. The first-order chi connectivity index (χ1) is 12.6. The van der Waals surface area contributed by atoms with Gasteiger partial charge in [-0.15, -0.1) is 10.2 Å². The number of rotatable bonds is 5. The Morgan fingerprint density at radius 3 is 2.46 bits per heavy atom. The van der Waals surface area contributed by atoms with Gasteiger partial charge in [-0.1, -0.05) is 30.0 Å². The molecule has 0 N–H and O–H groups in total. The highest BCUT2D eigenvalue weighted by Crippen LogP contribution is 2.39. The molecule has 2 aromatic rings. The highest BCUT2D eigenvalue weighted by molar-refractivity contribution is 8.00. The van der Waals surface area contributed by atoms with Crippen LogP contribution >= 0.6 is 11.8 Å². The van der Waals surface area contributed by atoms with E-state index in [0.717, 1.165) is 37.2 Å². The van der Waals surface area contributed by atoms with E-state index in [1.165, 1.54) is 18.5 Å². The molecule has 2 aliphatic rings. The number of hydrogen-bond donors (Lipinski definition) is 0. The van der Waals surface area contributed by atoms with E-state index in [1.54, 1.807) is 11.8 Å². The number of amides is 1. The van der Waals surface area contributed by atoms with Gasteiger partial charge in [0.05, 0.1) is 5.25 Å². The van der Waals surface area contributed by atoms with Gasteiger partial charge in [-0.05, 0) is 38.8 Å². The second-order valence-electron chi connectivity index (χ2n) is 7.04. The van der Waals surface area contributed by atoms with Gasteiger partial charge in [0.15, 0.2) is 5.16 Å². The molecule has 2 fully saturated rings. The van der Waals surface area contributed by atoms with Gasteiger partial charge in [0, 0.05) is 37.9 Å². The van der Waals surface area contributed by atoms with Crippen molar-refractivity contribution in [1.82, 2.24) is 19.7 Å². The van der Waals surface area contributed by atoms with Crippen LogP contribution in [0.15, 0.2) is 35.5 Å². The number of carbonyl (C=O) groups excluding carboxylic acids is 1. The number of para-hydroxylation sites is 1. The molecule has 2 heterocycles. The molecular weight excluding hydrogens is 346 g/mol. The molecule has 0 bridgehead atoms. The van der Waals surface area contributed by atoms with Gasteiger partial charge in [-0.3, -0.25) is 4.79 Å². The highest BCUT2D eigenvalue weighted by Gasteiger charge is 2.31. The number of benzene rings is 1. The highest BCUT2D eigenvalue weighted by atomic mass is 32.2. The van der Waals surface area contributed by atoms with Crippen molar-refractivity contribution in [3.05, 3.63) is 36.2 Å². The van der Waals surface area contributed by atoms with Crippen LogP contribution in [0, 0.1) is 6.92 Å². The number of hydrogen-bond acceptors (Lipinski definition) is 5. The predicted molar refractivity (Wildman–Crippen MR) is 104 cm³/mol. The molecule has 0 unspecified atom stereocenters. The summed E-state index contributed by atoms with van der Waals surface area (Å²) in [6, 6.07) is 10.9. The summed E-state index contributed by atoms with van der Waals surface area (Å²) in [7, 11) is 0.